The van der Waals surface area contributed by atoms with E-state index in [1.165, 1.54) is 17.6 Å². The topological polar surface area (TPSA) is 70.5 Å². The molecule has 2 heterocycles. The van der Waals surface area contributed by atoms with Crippen molar-refractivity contribution in [3.8, 4) is 0 Å². The molecule has 0 radical (unpaired) electrons. The Morgan fingerprint density at radius 3 is 2.89 bits per heavy atom. The van der Waals surface area contributed by atoms with E-state index in [-0.39, 0.29) is 11.8 Å². The number of aromatic nitrogens is 1. The van der Waals surface area contributed by atoms with E-state index >= 15 is 0 Å². The van der Waals surface area contributed by atoms with Crippen molar-refractivity contribution < 1.29 is 13.5 Å². The van der Waals surface area contributed by atoms with Crippen molar-refractivity contribution in [2.24, 2.45) is 0 Å². The average Bonchev–Trinajstić information content (AvgIpc) is 2.69. The zero-order valence-electron chi connectivity index (χ0n) is 9.67. The van der Waals surface area contributed by atoms with Crippen LogP contribution in [-0.4, -0.2) is 48.2 Å². The molecule has 0 amide bonds. The van der Waals surface area contributed by atoms with Crippen molar-refractivity contribution in [1.82, 2.24) is 4.98 Å². The van der Waals surface area contributed by atoms with Gasteiger partial charge in [-0.2, -0.15) is 11.8 Å². The van der Waals surface area contributed by atoms with Gasteiger partial charge in [0.25, 0.3) is 0 Å². The van der Waals surface area contributed by atoms with E-state index in [0.717, 1.165) is 5.75 Å². The van der Waals surface area contributed by atoms with Crippen molar-refractivity contribution in [3.63, 3.8) is 0 Å². The van der Waals surface area contributed by atoms with Crippen molar-refractivity contribution >= 4 is 49.7 Å². The third-order valence-corrected chi connectivity index (χ3v) is 6.75. The second kappa shape index (κ2) is 5.54. The summed E-state index contributed by atoms with van der Waals surface area (Å²) in [5, 5.41) is 9.36. The SMILES string of the molecule is CS(=O)(=O)C1CSCCN1c1nc(Cl)c(CO)s1. The number of thiazole rings is 1. The smallest absolute Gasteiger partial charge is 0.188 e. The molecular weight excluding hydrogens is 316 g/mol. The average molecular weight is 329 g/mol. The van der Waals surface area contributed by atoms with Crippen molar-refractivity contribution in [2.45, 2.75) is 12.0 Å². The Balaban J connectivity index is 2.34. The number of anilines is 1. The van der Waals surface area contributed by atoms with Crippen LogP contribution in [0.5, 0.6) is 0 Å². The molecule has 1 aromatic rings. The highest BCUT2D eigenvalue weighted by atomic mass is 35.5. The molecule has 1 atom stereocenters. The molecule has 0 saturated carbocycles. The van der Waals surface area contributed by atoms with Crippen LogP contribution in [0.25, 0.3) is 0 Å². The minimum Gasteiger partial charge on any atom is -0.391 e. The third-order valence-electron chi connectivity index (χ3n) is 2.61. The number of hydrogen-bond acceptors (Lipinski definition) is 7. The number of thioether (sulfide) groups is 1. The maximum atomic E-state index is 11.8. The van der Waals surface area contributed by atoms with Gasteiger partial charge in [0.1, 0.15) is 10.5 Å². The van der Waals surface area contributed by atoms with Gasteiger partial charge in [-0.3, -0.25) is 0 Å². The Bertz CT molecular complexity index is 531. The maximum Gasteiger partial charge on any atom is 0.188 e. The molecule has 102 valence electrons. The van der Waals surface area contributed by atoms with Crippen molar-refractivity contribution in [3.05, 3.63) is 10.0 Å². The molecule has 5 nitrogen and oxygen atoms in total. The first-order valence-electron chi connectivity index (χ1n) is 5.23. The molecular formula is C9H13ClN2O3S3. The number of hydrogen-bond donors (Lipinski definition) is 1. The minimum absolute atomic E-state index is 0.178. The lowest BCUT2D eigenvalue weighted by Crippen LogP contribution is -2.47. The molecule has 1 unspecified atom stereocenters. The van der Waals surface area contributed by atoms with Crippen LogP contribution >= 0.6 is 34.7 Å². The lowest BCUT2D eigenvalue weighted by Gasteiger charge is -2.33. The minimum atomic E-state index is -3.17. The second-order valence-electron chi connectivity index (χ2n) is 3.92. The number of halogens is 1. The fraction of sp³-hybridized carbons (Fsp3) is 0.667. The van der Waals surface area contributed by atoms with Gasteiger partial charge in [-0.05, 0) is 0 Å². The molecule has 1 fully saturated rings. The van der Waals surface area contributed by atoms with Gasteiger partial charge in [0.05, 0.1) is 11.5 Å². The van der Waals surface area contributed by atoms with Crippen LogP contribution in [-0.2, 0) is 16.4 Å². The van der Waals surface area contributed by atoms with Crippen LogP contribution in [0.2, 0.25) is 5.15 Å². The standard InChI is InChI=1S/C9H13ClN2O3S3/c1-18(14,15)7-5-16-3-2-12(7)9-11-8(10)6(4-13)17-9/h7,13H,2-5H2,1H3. The van der Waals surface area contributed by atoms with Gasteiger partial charge < -0.3 is 10.0 Å². The van der Waals surface area contributed by atoms with Crippen LogP contribution < -0.4 is 4.90 Å². The maximum absolute atomic E-state index is 11.8. The van der Waals surface area contributed by atoms with Crippen LogP contribution in [0.3, 0.4) is 0 Å². The van der Waals surface area contributed by atoms with Gasteiger partial charge >= 0.3 is 0 Å². The van der Waals surface area contributed by atoms with Gasteiger partial charge in [-0.15, -0.1) is 0 Å². The molecule has 1 aromatic heterocycles. The number of nitrogens with zero attached hydrogens (tertiary/aromatic N) is 2. The predicted molar refractivity (Wildman–Crippen MR) is 76.3 cm³/mol. The summed E-state index contributed by atoms with van der Waals surface area (Å²) in [5.74, 6) is 1.39. The van der Waals surface area contributed by atoms with E-state index in [2.05, 4.69) is 4.98 Å². The zero-order chi connectivity index (χ0) is 13.3. The predicted octanol–water partition coefficient (Wildman–Crippen LogP) is 1.21. The van der Waals surface area contributed by atoms with Crippen molar-refractivity contribution in [2.75, 3.05) is 29.2 Å². The first-order valence-corrected chi connectivity index (χ1v) is 9.53. The normalized spacial score (nSPS) is 21.3. The third kappa shape index (κ3) is 2.93. The van der Waals surface area contributed by atoms with Gasteiger partial charge in [-0.1, -0.05) is 22.9 Å². The Morgan fingerprint density at radius 2 is 2.33 bits per heavy atom. The molecule has 1 saturated heterocycles. The quantitative estimate of drug-likeness (QED) is 0.899. The molecule has 2 rings (SSSR count). The Hall–Kier alpha value is -0.0200. The highest BCUT2D eigenvalue weighted by Gasteiger charge is 2.33. The molecule has 1 aliphatic rings. The first-order chi connectivity index (χ1) is 8.43. The van der Waals surface area contributed by atoms with E-state index in [9.17, 15) is 8.42 Å². The molecule has 0 aromatic carbocycles. The van der Waals surface area contributed by atoms with Crippen LogP contribution in [0.15, 0.2) is 0 Å². The van der Waals surface area contributed by atoms with Gasteiger partial charge in [0.15, 0.2) is 15.0 Å². The van der Waals surface area contributed by atoms with Gasteiger partial charge in [0.2, 0.25) is 0 Å². The summed E-state index contributed by atoms with van der Waals surface area (Å²) in [7, 11) is -3.17. The lowest BCUT2D eigenvalue weighted by molar-refractivity contribution is 0.285. The van der Waals surface area contributed by atoms with Crippen LogP contribution in [0.4, 0.5) is 5.13 Å². The fourth-order valence-corrected chi connectivity index (χ4v) is 5.78. The summed E-state index contributed by atoms with van der Waals surface area (Å²) in [4.78, 5) is 6.48. The van der Waals surface area contributed by atoms with Crippen LogP contribution in [0, 0.1) is 0 Å². The van der Waals surface area contributed by atoms with E-state index < -0.39 is 15.2 Å². The van der Waals surface area contributed by atoms with Gasteiger partial charge in [-0.25, -0.2) is 13.4 Å². The summed E-state index contributed by atoms with van der Waals surface area (Å²) >= 11 is 8.75. The second-order valence-corrected chi connectivity index (χ2v) is 8.69. The molecule has 0 spiro atoms. The largest absolute Gasteiger partial charge is 0.391 e. The zero-order valence-corrected chi connectivity index (χ0v) is 12.9. The Kier molecular flexibility index (Phi) is 4.43. The van der Waals surface area contributed by atoms with Crippen LogP contribution in [0.1, 0.15) is 4.88 Å². The lowest BCUT2D eigenvalue weighted by atomic mass is 10.5. The number of aliphatic hydroxyl groups excluding tert-OH is 1. The fourth-order valence-electron chi connectivity index (χ4n) is 1.70. The summed E-state index contributed by atoms with van der Waals surface area (Å²) in [6.45, 7) is 0.444. The summed E-state index contributed by atoms with van der Waals surface area (Å²) in [6.07, 6.45) is 1.23. The summed E-state index contributed by atoms with van der Waals surface area (Å²) in [6, 6.07) is 0. The number of rotatable bonds is 3. The first kappa shape index (κ1) is 14.4. The molecule has 9 heteroatoms. The highest BCUT2D eigenvalue weighted by molar-refractivity contribution is 8.01. The molecule has 1 aliphatic heterocycles. The Morgan fingerprint density at radius 1 is 1.61 bits per heavy atom. The molecule has 18 heavy (non-hydrogen) atoms. The van der Waals surface area contributed by atoms with E-state index in [4.69, 9.17) is 16.7 Å². The van der Waals surface area contributed by atoms with E-state index in [0.29, 0.717) is 22.3 Å². The molecule has 1 N–H and O–H groups in total. The Labute approximate surface area is 119 Å². The van der Waals surface area contributed by atoms with E-state index in [1.54, 1.807) is 16.7 Å². The van der Waals surface area contributed by atoms with Crippen molar-refractivity contribution in [1.29, 1.82) is 0 Å². The summed E-state index contributed by atoms with van der Waals surface area (Å²) < 4.78 is 23.5. The monoisotopic (exact) mass is 328 g/mol. The molecule has 0 aliphatic carbocycles. The highest BCUT2D eigenvalue weighted by Crippen LogP contribution is 2.34. The van der Waals surface area contributed by atoms with E-state index in [1.807, 2.05) is 0 Å². The molecule has 0 bridgehead atoms. The number of aliphatic hydroxyl groups is 1. The summed E-state index contributed by atoms with van der Waals surface area (Å²) in [5.41, 5.74) is 0. The van der Waals surface area contributed by atoms with Gasteiger partial charge in [0, 0.05) is 24.3 Å². The number of sulfone groups is 1.